The number of carbonyl (C=O) groups excluding carboxylic acids is 1. The normalized spacial score (nSPS) is 23.9. The SMILES string of the molecule is O=C(O)C1CCCCC1C(=O)Nc1cc(S(=O)(=O)N2CCOCC2)ccc1Cl. The van der Waals surface area contributed by atoms with Gasteiger partial charge in [0.15, 0.2) is 0 Å². The van der Waals surface area contributed by atoms with Crippen molar-refractivity contribution >= 4 is 39.2 Å². The molecular weight excluding hydrogens is 408 g/mol. The molecule has 0 radical (unpaired) electrons. The molecular formula is C18H23ClN2O6S. The number of aliphatic carboxylic acids is 1. The van der Waals surface area contributed by atoms with E-state index >= 15 is 0 Å². The summed E-state index contributed by atoms with van der Waals surface area (Å²) in [5.41, 5.74) is 0.163. The highest BCUT2D eigenvalue weighted by atomic mass is 35.5. The summed E-state index contributed by atoms with van der Waals surface area (Å²) in [6.45, 7) is 1.17. The monoisotopic (exact) mass is 430 g/mol. The summed E-state index contributed by atoms with van der Waals surface area (Å²) < 4.78 is 32.1. The first-order valence-corrected chi connectivity index (χ1v) is 11.0. The van der Waals surface area contributed by atoms with Crippen LogP contribution >= 0.6 is 11.6 Å². The van der Waals surface area contributed by atoms with Crippen LogP contribution in [0.2, 0.25) is 5.02 Å². The Morgan fingerprint density at radius 3 is 2.43 bits per heavy atom. The van der Waals surface area contributed by atoms with Gasteiger partial charge in [0.25, 0.3) is 0 Å². The maximum Gasteiger partial charge on any atom is 0.307 e. The fourth-order valence-corrected chi connectivity index (χ4v) is 5.26. The molecule has 1 aromatic carbocycles. The summed E-state index contributed by atoms with van der Waals surface area (Å²) in [7, 11) is -3.74. The Balaban J connectivity index is 1.81. The van der Waals surface area contributed by atoms with E-state index in [0.29, 0.717) is 26.1 Å². The lowest BCUT2D eigenvalue weighted by Crippen LogP contribution is -2.40. The van der Waals surface area contributed by atoms with Crippen molar-refractivity contribution in [1.82, 2.24) is 4.31 Å². The molecule has 8 nitrogen and oxygen atoms in total. The maximum absolute atomic E-state index is 12.8. The van der Waals surface area contributed by atoms with Crippen LogP contribution in [0.1, 0.15) is 25.7 Å². The molecule has 0 aromatic heterocycles. The summed E-state index contributed by atoms with van der Waals surface area (Å²) in [6, 6.07) is 4.13. The number of nitrogens with zero attached hydrogens (tertiary/aromatic N) is 1. The molecule has 1 aliphatic carbocycles. The van der Waals surface area contributed by atoms with Crippen molar-refractivity contribution < 1.29 is 27.9 Å². The van der Waals surface area contributed by atoms with Gasteiger partial charge in [0.05, 0.1) is 40.7 Å². The van der Waals surface area contributed by atoms with Gasteiger partial charge in [-0.2, -0.15) is 4.31 Å². The topological polar surface area (TPSA) is 113 Å². The molecule has 1 aromatic rings. The van der Waals surface area contributed by atoms with E-state index in [-0.39, 0.29) is 28.7 Å². The molecule has 0 spiro atoms. The van der Waals surface area contributed by atoms with E-state index in [1.54, 1.807) is 0 Å². The smallest absolute Gasteiger partial charge is 0.307 e. The van der Waals surface area contributed by atoms with Crippen molar-refractivity contribution in [2.75, 3.05) is 31.6 Å². The number of amides is 1. The molecule has 0 bridgehead atoms. The second kappa shape index (κ2) is 8.77. The molecule has 1 amide bonds. The number of rotatable bonds is 5. The molecule has 2 fully saturated rings. The fourth-order valence-electron chi connectivity index (χ4n) is 3.66. The Morgan fingerprint density at radius 2 is 1.79 bits per heavy atom. The number of hydrogen-bond donors (Lipinski definition) is 2. The minimum absolute atomic E-state index is 0.0209. The molecule has 1 heterocycles. The fraction of sp³-hybridized carbons (Fsp3) is 0.556. The van der Waals surface area contributed by atoms with Crippen molar-refractivity contribution in [3.05, 3.63) is 23.2 Å². The van der Waals surface area contributed by atoms with Gasteiger partial charge in [-0.05, 0) is 31.0 Å². The standard InChI is InChI=1S/C18H23ClN2O6S/c19-15-6-5-12(28(25,26)21-7-9-27-10-8-21)11-16(15)20-17(22)13-3-1-2-4-14(13)18(23)24/h5-6,11,13-14H,1-4,7-10H2,(H,20,22)(H,23,24). The van der Waals surface area contributed by atoms with Crippen molar-refractivity contribution in [3.8, 4) is 0 Å². The van der Waals surface area contributed by atoms with Crippen LogP contribution in [0.25, 0.3) is 0 Å². The Bertz CT molecular complexity index is 854. The highest BCUT2D eigenvalue weighted by Gasteiger charge is 2.36. The number of benzene rings is 1. The molecule has 154 valence electrons. The van der Waals surface area contributed by atoms with Gasteiger partial charge in [0, 0.05) is 13.1 Å². The number of carbonyl (C=O) groups is 2. The van der Waals surface area contributed by atoms with Crippen LogP contribution in [0.4, 0.5) is 5.69 Å². The van der Waals surface area contributed by atoms with Gasteiger partial charge in [0.1, 0.15) is 0 Å². The third-order valence-electron chi connectivity index (χ3n) is 5.22. The molecule has 28 heavy (non-hydrogen) atoms. The summed E-state index contributed by atoms with van der Waals surface area (Å²) in [4.78, 5) is 24.2. The Morgan fingerprint density at radius 1 is 1.14 bits per heavy atom. The van der Waals surface area contributed by atoms with E-state index in [1.807, 2.05) is 0 Å². The highest BCUT2D eigenvalue weighted by Crippen LogP contribution is 2.33. The molecule has 1 saturated heterocycles. The van der Waals surface area contributed by atoms with Gasteiger partial charge in [-0.1, -0.05) is 24.4 Å². The second-order valence-electron chi connectivity index (χ2n) is 6.98. The summed E-state index contributed by atoms with van der Waals surface area (Å²) >= 11 is 6.15. The van der Waals surface area contributed by atoms with Crippen LogP contribution in [0.15, 0.2) is 23.1 Å². The van der Waals surface area contributed by atoms with Crippen LogP contribution in [0, 0.1) is 11.8 Å². The molecule has 2 N–H and O–H groups in total. The van der Waals surface area contributed by atoms with Gasteiger partial charge in [-0.3, -0.25) is 9.59 Å². The number of morpholine rings is 1. The van der Waals surface area contributed by atoms with Crippen LogP contribution in [-0.4, -0.2) is 56.0 Å². The van der Waals surface area contributed by atoms with E-state index in [9.17, 15) is 23.1 Å². The molecule has 1 saturated carbocycles. The lowest BCUT2D eigenvalue weighted by Gasteiger charge is -2.28. The number of halogens is 1. The van der Waals surface area contributed by atoms with Gasteiger partial charge in [0.2, 0.25) is 15.9 Å². The molecule has 2 atom stereocenters. The molecule has 10 heteroatoms. The molecule has 2 unspecified atom stereocenters. The zero-order valence-corrected chi connectivity index (χ0v) is 16.8. The lowest BCUT2D eigenvalue weighted by molar-refractivity contribution is -0.147. The molecule has 1 aliphatic heterocycles. The third kappa shape index (κ3) is 4.48. The number of carboxylic acid groups (broad SMARTS) is 1. The van der Waals surface area contributed by atoms with Gasteiger partial charge in [-0.25, -0.2) is 8.42 Å². The van der Waals surface area contributed by atoms with Gasteiger partial charge >= 0.3 is 5.97 Å². The summed E-state index contributed by atoms with van der Waals surface area (Å²) in [5, 5.41) is 12.2. The average Bonchev–Trinajstić information content (AvgIpc) is 2.70. The first kappa shape index (κ1) is 21.0. The van der Waals surface area contributed by atoms with Crippen LogP contribution < -0.4 is 5.32 Å². The second-order valence-corrected chi connectivity index (χ2v) is 9.33. The Hall–Kier alpha value is -1.68. The Labute approximate surface area is 168 Å². The van der Waals surface area contributed by atoms with E-state index in [4.69, 9.17) is 16.3 Å². The quantitative estimate of drug-likeness (QED) is 0.740. The predicted octanol–water partition coefficient (Wildman–Crippen LogP) is 2.19. The zero-order valence-electron chi connectivity index (χ0n) is 15.3. The first-order chi connectivity index (χ1) is 13.3. The van der Waals surface area contributed by atoms with Crippen LogP contribution in [0.3, 0.4) is 0 Å². The van der Waals surface area contributed by atoms with E-state index in [0.717, 1.165) is 12.8 Å². The van der Waals surface area contributed by atoms with E-state index < -0.39 is 33.7 Å². The van der Waals surface area contributed by atoms with Crippen LogP contribution in [-0.2, 0) is 24.3 Å². The third-order valence-corrected chi connectivity index (χ3v) is 7.45. The van der Waals surface area contributed by atoms with Crippen molar-refractivity contribution in [2.24, 2.45) is 11.8 Å². The number of hydrogen-bond acceptors (Lipinski definition) is 5. The highest BCUT2D eigenvalue weighted by molar-refractivity contribution is 7.89. The summed E-state index contributed by atoms with van der Waals surface area (Å²) in [6.07, 6.45) is 2.48. The van der Waals surface area contributed by atoms with E-state index in [1.165, 1.54) is 22.5 Å². The minimum atomic E-state index is -3.74. The lowest BCUT2D eigenvalue weighted by atomic mass is 9.78. The van der Waals surface area contributed by atoms with Gasteiger partial charge in [-0.15, -0.1) is 0 Å². The number of nitrogens with one attached hydrogen (secondary N) is 1. The number of ether oxygens (including phenoxy) is 1. The summed E-state index contributed by atoms with van der Waals surface area (Å²) in [5.74, 6) is -2.85. The minimum Gasteiger partial charge on any atom is -0.481 e. The first-order valence-electron chi connectivity index (χ1n) is 9.22. The van der Waals surface area contributed by atoms with Crippen LogP contribution in [0.5, 0.6) is 0 Å². The number of carboxylic acids is 1. The van der Waals surface area contributed by atoms with Crippen molar-refractivity contribution in [1.29, 1.82) is 0 Å². The van der Waals surface area contributed by atoms with Crippen molar-refractivity contribution in [2.45, 2.75) is 30.6 Å². The van der Waals surface area contributed by atoms with Crippen molar-refractivity contribution in [3.63, 3.8) is 0 Å². The van der Waals surface area contributed by atoms with E-state index in [2.05, 4.69) is 5.32 Å². The average molecular weight is 431 g/mol. The zero-order chi connectivity index (χ0) is 20.3. The van der Waals surface area contributed by atoms with Gasteiger partial charge < -0.3 is 15.2 Å². The number of anilines is 1. The number of sulfonamides is 1. The molecule has 3 rings (SSSR count). The maximum atomic E-state index is 12.8. The largest absolute Gasteiger partial charge is 0.481 e. The predicted molar refractivity (Wildman–Crippen MR) is 103 cm³/mol. The Kier molecular flexibility index (Phi) is 6.59. The molecule has 2 aliphatic rings.